The molecule has 2 heterocycles. The summed E-state index contributed by atoms with van der Waals surface area (Å²) in [5.41, 5.74) is 0.843. The molecule has 1 aliphatic heterocycles. The highest BCUT2D eigenvalue weighted by Gasteiger charge is 2.43. The molecule has 43 heavy (non-hydrogen) atoms. The second kappa shape index (κ2) is 24.2. The van der Waals surface area contributed by atoms with Gasteiger partial charge in [-0.15, -0.1) is 24.8 Å². The monoisotopic (exact) mass is 645 g/mol. The topological polar surface area (TPSA) is 108 Å². The summed E-state index contributed by atoms with van der Waals surface area (Å²) in [6.07, 6.45) is 25.1. The molecule has 0 aliphatic carbocycles. The van der Waals surface area contributed by atoms with Crippen molar-refractivity contribution in [2.24, 2.45) is 0 Å². The molecule has 3 atom stereocenters. The average Bonchev–Trinajstić information content (AvgIpc) is 3.63. The summed E-state index contributed by atoms with van der Waals surface area (Å²) in [5.74, 6) is -0.632. The number of unbranched alkanes of at least 4 members (excludes halogenated alkanes) is 11. The minimum absolute atomic E-state index is 0. The van der Waals surface area contributed by atoms with E-state index < -0.39 is 18.1 Å². The van der Waals surface area contributed by atoms with Crippen molar-refractivity contribution in [2.75, 3.05) is 27.7 Å². The number of carbonyl (C=O) groups excluding carboxylic acids is 3. The van der Waals surface area contributed by atoms with Gasteiger partial charge in [-0.25, -0.2) is 9.78 Å². The third-order valence-corrected chi connectivity index (χ3v) is 7.96. The van der Waals surface area contributed by atoms with Gasteiger partial charge in [0.05, 0.1) is 19.5 Å². The molecule has 1 fully saturated rings. The number of amides is 2. The zero-order valence-corrected chi connectivity index (χ0v) is 28.5. The number of esters is 1. The van der Waals surface area contributed by atoms with Crippen LogP contribution in [0.3, 0.4) is 0 Å². The number of methoxy groups -OCH3 is 1. The van der Waals surface area contributed by atoms with Crippen molar-refractivity contribution in [1.82, 2.24) is 25.1 Å². The average molecular weight is 647 g/mol. The van der Waals surface area contributed by atoms with Gasteiger partial charge in [0.1, 0.15) is 6.04 Å². The van der Waals surface area contributed by atoms with Crippen LogP contribution in [0.4, 0.5) is 0 Å². The van der Waals surface area contributed by atoms with Crippen LogP contribution in [0, 0.1) is 0 Å². The third-order valence-electron chi connectivity index (χ3n) is 7.96. The van der Waals surface area contributed by atoms with E-state index in [0.717, 1.165) is 31.4 Å². The van der Waals surface area contributed by atoms with Crippen LogP contribution in [-0.4, -0.2) is 83.4 Å². The molecule has 11 heteroatoms. The van der Waals surface area contributed by atoms with Crippen LogP contribution in [0.15, 0.2) is 24.7 Å². The molecule has 1 aromatic heterocycles. The number of likely N-dealkylation sites (N-methyl/N-ethyl adjacent to an activating group) is 1. The van der Waals surface area contributed by atoms with E-state index in [1.54, 1.807) is 17.4 Å². The van der Waals surface area contributed by atoms with Gasteiger partial charge in [0, 0.05) is 43.7 Å². The van der Waals surface area contributed by atoms with Crippen molar-refractivity contribution >= 4 is 42.6 Å². The molecule has 9 nitrogen and oxygen atoms in total. The third kappa shape index (κ3) is 16.0. The van der Waals surface area contributed by atoms with E-state index in [9.17, 15) is 14.4 Å². The van der Waals surface area contributed by atoms with Crippen molar-refractivity contribution < 1.29 is 19.1 Å². The van der Waals surface area contributed by atoms with Crippen LogP contribution in [0.5, 0.6) is 0 Å². The molecule has 2 amide bonds. The summed E-state index contributed by atoms with van der Waals surface area (Å²) in [4.78, 5) is 49.2. The molecule has 1 aromatic rings. The lowest BCUT2D eigenvalue weighted by molar-refractivity contribution is -0.152. The number of hydrogen-bond donors (Lipinski definition) is 2. The molecular weight excluding hydrogens is 589 g/mol. The number of aromatic nitrogens is 2. The Kier molecular flexibility index (Phi) is 23.1. The van der Waals surface area contributed by atoms with Gasteiger partial charge in [-0.05, 0) is 46.2 Å². The van der Waals surface area contributed by atoms with Gasteiger partial charge < -0.3 is 19.9 Å². The van der Waals surface area contributed by atoms with E-state index in [4.69, 9.17) is 4.74 Å². The molecule has 1 aliphatic rings. The highest BCUT2D eigenvalue weighted by molar-refractivity contribution is 5.89. The van der Waals surface area contributed by atoms with Crippen LogP contribution in [0.2, 0.25) is 0 Å². The number of imidazole rings is 1. The molecule has 0 saturated carbocycles. The predicted octanol–water partition coefficient (Wildman–Crippen LogP) is 6.02. The summed E-state index contributed by atoms with van der Waals surface area (Å²) < 4.78 is 4.99. The number of rotatable bonds is 21. The Bertz CT molecular complexity index is 914. The number of carbonyl (C=O) groups is 3. The van der Waals surface area contributed by atoms with E-state index >= 15 is 0 Å². The Balaban J connectivity index is 0.00000882. The molecule has 248 valence electrons. The molecule has 0 spiro atoms. The van der Waals surface area contributed by atoms with Crippen molar-refractivity contribution in [3.63, 3.8) is 0 Å². The summed E-state index contributed by atoms with van der Waals surface area (Å²) in [5, 5.41) is 3.06. The first-order valence-corrected chi connectivity index (χ1v) is 15.8. The summed E-state index contributed by atoms with van der Waals surface area (Å²) in [6, 6.07) is -1.44. The first-order valence-electron chi connectivity index (χ1n) is 15.8. The molecule has 0 radical (unpaired) electrons. The standard InChI is InChI=1S/C32H55N5O4.2ClH/c1-5-6-7-8-9-10-11-12-13-14-15-16-17-18-19-20-30(38)35-27-22-29(32(40)41-4)37(24-27)31(39)28(36(2)3)21-26-23-33-25-34-26;;/h12-13,23,25,27-29H,5-11,14-22,24H2,1-4H3,(H,33,34)(H,35,38);2*1H/b13-12-;;/t27-,28?,29-;;/m0../s1. The van der Waals surface area contributed by atoms with E-state index in [1.165, 1.54) is 64.9 Å². The molecular formula is C32H57Cl2N5O4. The molecule has 0 aromatic carbocycles. The number of ether oxygens (including phenoxy) is 1. The Morgan fingerprint density at radius 3 is 2.19 bits per heavy atom. The van der Waals surface area contributed by atoms with Gasteiger partial charge in [0.15, 0.2) is 0 Å². The summed E-state index contributed by atoms with van der Waals surface area (Å²) >= 11 is 0. The zero-order valence-electron chi connectivity index (χ0n) is 26.9. The van der Waals surface area contributed by atoms with Gasteiger partial charge in [-0.3, -0.25) is 14.5 Å². The Morgan fingerprint density at radius 2 is 1.63 bits per heavy atom. The molecule has 1 saturated heterocycles. The Labute approximate surface area is 272 Å². The second-order valence-electron chi connectivity index (χ2n) is 11.6. The first-order chi connectivity index (χ1) is 19.9. The highest BCUT2D eigenvalue weighted by atomic mass is 35.5. The maximum Gasteiger partial charge on any atom is 0.328 e. The van der Waals surface area contributed by atoms with Gasteiger partial charge >= 0.3 is 5.97 Å². The fraction of sp³-hybridized carbons (Fsp3) is 0.750. The first kappa shape index (κ1) is 40.9. The summed E-state index contributed by atoms with van der Waals surface area (Å²) in [6.45, 7) is 2.55. The van der Waals surface area contributed by atoms with Crippen LogP contribution in [0.25, 0.3) is 0 Å². The van der Waals surface area contributed by atoms with Crippen LogP contribution < -0.4 is 5.32 Å². The van der Waals surface area contributed by atoms with E-state index in [-0.39, 0.29) is 42.7 Å². The van der Waals surface area contributed by atoms with Crippen LogP contribution >= 0.6 is 24.8 Å². The van der Waals surface area contributed by atoms with Crippen LogP contribution in [-0.2, 0) is 25.5 Å². The van der Waals surface area contributed by atoms with Crippen molar-refractivity contribution in [3.8, 4) is 0 Å². The van der Waals surface area contributed by atoms with Gasteiger partial charge in [0.2, 0.25) is 11.8 Å². The maximum absolute atomic E-state index is 13.5. The van der Waals surface area contributed by atoms with Crippen molar-refractivity contribution in [3.05, 3.63) is 30.4 Å². The molecule has 2 N–H and O–H groups in total. The largest absolute Gasteiger partial charge is 0.467 e. The molecule has 1 unspecified atom stereocenters. The van der Waals surface area contributed by atoms with Gasteiger partial charge in [0.25, 0.3) is 0 Å². The minimum Gasteiger partial charge on any atom is -0.467 e. The number of hydrogen-bond acceptors (Lipinski definition) is 6. The van der Waals surface area contributed by atoms with Crippen molar-refractivity contribution in [1.29, 1.82) is 0 Å². The fourth-order valence-corrected chi connectivity index (χ4v) is 5.49. The normalized spacial score (nSPS) is 17.0. The molecule has 0 bridgehead atoms. The van der Waals surface area contributed by atoms with E-state index in [2.05, 4.69) is 34.4 Å². The number of H-pyrrole nitrogens is 1. The van der Waals surface area contributed by atoms with Gasteiger partial charge in [-0.1, -0.05) is 70.4 Å². The smallest absolute Gasteiger partial charge is 0.328 e. The van der Waals surface area contributed by atoms with Crippen LogP contribution in [0.1, 0.15) is 109 Å². The number of halogens is 2. The molecule has 2 rings (SSSR count). The maximum atomic E-state index is 13.5. The quantitative estimate of drug-likeness (QED) is 0.0961. The number of aromatic amines is 1. The number of nitrogens with one attached hydrogen (secondary N) is 2. The Morgan fingerprint density at radius 1 is 1.02 bits per heavy atom. The number of nitrogens with zero attached hydrogens (tertiary/aromatic N) is 3. The minimum atomic E-state index is -0.707. The lowest BCUT2D eigenvalue weighted by Gasteiger charge is -2.30. The number of likely N-dealkylation sites (tertiary alicyclic amines) is 1. The van der Waals surface area contributed by atoms with E-state index in [1.807, 2.05) is 19.0 Å². The highest BCUT2D eigenvalue weighted by Crippen LogP contribution is 2.22. The Hall–Kier alpha value is -2.10. The second-order valence-corrected chi connectivity index (χ2v) is 11.6. The lowest BCUT2D eigenvalue weighted by atomic mass is 10.1. The SMILES string of the molecule is CCCCCCCC/C=C\CCCCCCCC(=O)N[C@H]1C[C@@H](C(=O)OC)N(C(=O)C(Cc2cnc[nH]2)N(C)C)C1.Cl.Cl. The van der Waals surface area contributed by atoms with Gasteiger partial charge in [-0.2, -0.15) is 0 Å². The predicted molar refractivity (Wildman–Crippen MR) is 178 cm³/mol. The van der Waals surface area contributed by atoms with E-state index in [0.29, 0.717) is 25.8 Å². The zero-order chi connectivity index (χ0) is 29.9. The summed E-state index contributed by atoms with van der Waals surface area (Å²) in [7, 11) is 5.02. The lowest BCUT2D eigenvalue weighted by Crippen LogP contribution is -2.51. The number of allylic oxidation sites excluding steroid dienone is 2. The van der Waals surface area contributed by atoms with Crippen molar-refractivity contribution in [2.45, 2.75) is 128 Å². The fourth-order valence-electron chi connectivity index (χ4n) is 5.49.